The second-order valence-corrected chi connectivity index (χ2v) is 4.28. The Hall–Kier alpha value is -1.22. The molecule has 0 heterocycles. The fraction of sp³-hybridized carbons (Fsp3) is 0.222. The number of aliphatic imine (C=N–C) groups is 1. The van der Waals surface area contributed by atoms with Crippen molar-refractivity contribution in [3.05, 3.63) is 16.4 Å². The van der Waals surface area contributed by atoms with E-state index in [2.05, 4.69) is 25.7 Å². The van der Waals surface area contributed by atoms with Crippen LogP contribution in [0.2, 0.25) is 0 Å². The first kappa shape index (κ1) is 15.8. The Morgan fingerprint density at radius 1 is 1.53 bits per heavy atom. The maximum Gasteiger partial charge on any atom is 0.573 e. The molecule has 0 amide bonds. The lowest BCUT2D eigenvalue weighted by Crippen LogP contribution is -2.18. The molecule has 0 aromatic heterocycles. The Labute approximate surface area is 118 Å². The van der Waals surface area contributed by atoms with Gasteiger partial charge in [-0.3, -0.25) is 0 Å². The van der Waals surface area contributed by atoms with Gasteiger partial charge in [-0.05, 0) is 22.0 Å². The third kappa shape index (κ3) is 4.13. The Morgan fingerprint density at radius 3 is 2.58 bits per heavy atom. The summed E-state index contributed by atoms with van der Waals surface area (Å²) in [7, 11) is 0. The molecule has 0 spiro atoms. The van der Waals surface area contributed by atoms with E-state index in [0.29, 0.717) is 0 Å². The van der Waals surface area contributed by atoms with Crippen molar-refractivity contribution >= 4 is 39.1 Å². The molecule has 0 saturated heterocycles. The summed E-state index contributed by atoms with van der Waals surface area (Å²) in [5.74, 6) is -4.34. The lowest BCUT2D eigenvalue weighted by atomic mass is 10.2. The Balaban J connectivity index is 3.38. The molecule has 10 heteroatoms. The second kappa shape index (κ2) is 5.83. The number of amidine groups is 1. The molecule has 0 fully saturated rings. The van der Waals surface area contributed by atoms with Crippen LogP contribution in [0.25, 0.3) is 0 Å². The number of nitrogens with two attached hydrogens (primary N) is 1. The average molecular weight is 366 g/mol. The largest absolute Gasteiger partial charge is 0.573 e. The Morgan fingerprint density at radius 2 is 2.11 bits per heavy atom. The van der Waals surface area contributed by atoms with E-state index in [-0.39, 0.29) is 16.2 Å². The lowest BCUT2D eigenvalue weighted by molar-refractivity contribution is -0.276. The van der Waals surface area contributed by atoms with Crippen LogP contribution in [0.5, 0.6) is 11.5 Å². The van der Waals surface area contributed by atoms with Gasteiger partial charge < -0.3 is 15.6 Å². The van der Waals surface area contributed by atoms with Gasteiger partial charge in [0, 0.05) is 0 Å². The monoisotopic (exact) mass is 364 g/mol. The van der Waals surface area contributed by atoms with Crippen molar-refractivity contribution in [2.24, 2.45) is 10.7 Å². The van der Waals surface area contributed by atoms with E-state index in [1.165, 1.54) is 0 Å². The number of rotatable bonds is 3. The van der Waals surface area contributed by atoms with Crippen LogP contribution < -0.4 is 10.5 Å². The van der Waals surface area contributed by atoms with Gasteiger partial charge in [0.25, 0.3) is 0 Å². The van der Waals surface area contributed by atoms with Crippen LogP contribution in [0, 0.1) is 5.82 Å². The first-order chi connectivity index (χ1) is 8.65. The summed E-state index contributed by atoms with van der Waals surface area (Å²) in [4.78, 5) is 3.54. The van der Waals surface area contributed by atoms with Crippen molar-refractivity contribution in [2.75, 3.05) is 5.88 Å². The number of halogens is 6. The molecule has 0 radical (unpaired) electrons. The van der Waals surface area contributed by atoms with Gasteiger partial charge in [0.1, 0.15) is 11.5 Å². The van der Waals surface area contributed by atoms with Crippen LogP contribution in [0.15, 0.2) is 15.5 Å². The minimum absolute atomic E-state index is 0.173. The van der Waals surface area contributed by atoms with E-state index in [1.807, 2.05) is 0 Å². The molecule has 0 bridgehead atoms. The molecule has 0 aliphatic heterocycles. The van der Waals surface area contributed by atoms with Crippen molar-refractivity contribution in [1.82, 2.24) is 0 Å². The number of aromatic hydroxyl groups is 1. The SMILES string of the molecule is NC(CCl)=Nc1cc(Br)c(F)c(OC(F)(F)F)c1O. The van der Waals surface area contributed by atoms with Gasteiger partial charge in [0.2, 0.25) is 5.75 Å². The van der Waals surface area contributed by atoms with Crippen LogP contribution in [-0.4, -0.2) is 23.2 Å². The van der Waals surface area contributed by atoms with Crippen LogP contribution in [0.3, 0.4) is 0 Å². The van der Waals surface area contributed by atoms with Gasteiger partial charge in [-0.1, -0.05) is 0 Å². The maximum atomic E-state index is 13.5. The summed E-state index contributed by atoms with van der Waals surface area (Å²) < 4.78 is 52.8. The highest BCUT2D eigenvalue weighted by atomic mass is 79.9. The molecule has 0 unspecified atom stereocenters. The molecule has 3 N–H and O–H groups in total. The maximum absolute atomic E-state index is 13.5. The van der Waals surface area contributed by atoms with Crippen LogP contribution in [-0.2, 0) is 0 Å². The first-order valence-corrected chi connectivity index (χ1v) is 5.84. The van der Waals surface area contributed by atoms with E-state index < -0.39 is 29.4 Å². The van der Waals surface area contributed by atoms with Gasteiger partial charge in [-0.15, -0.1) is 24.8 Å². The fourth-order valence-corrected chi connectivity index (χ4v) is 1.52. The van der Waals surface area contributed by atoms with Gasteiger partial charge >= 0.3 is 6.36 Å². The number of ether oxygens (including phenoxy) is 1. The third-order valence-electron chi connectivity index (χ3n) is 1.75. The zero-order valence-electron chi connectivity index (χ0n) is 8.93. The second-order valence-electron chi connectivity index (χ2n) is 3.15. The standard InChI is InChI=1S/C9H6BrClF4N2O2/c10-3-1-4(17-5(16)2-11)7(18)8(6(3)12)19-9(13,14)15/h1,18H,2H2,(H2,16,17). The quantitative estimate of drug-likeness (QED) is 0.373. The van der Waals surface area contributed by atoms with Gasteiger partial charge in [0.15, 0.2) is 11.6 Å². The van der Waals surface area contributed by atoms with Crippen LogP contribution in [0.1, 0.15) is 0 Å². The third-order valence-corrected chi connectivity index (χ3v) is 2.60. The number of phenols is 1. The molecule has 1 aromatic carbocycles. The van der Waals surface area contributed by atoms with Crippen LogP contribution >= 0.6 is 27.5 Å². The zero-order valence-corrected chi connectivity index (χ0v) is 11.3. The van der Waals surface area contributed by atoms with Crippen molar-refractivity contribution in [2.45, 2.75) is 6.36 Å². The molecular formula is C9H6BrClF4N2O2. The summed E-state index contributed by atoms with van der Waals surface area (Å²) >= 11 is 8.01. The molecule has 0 aliphatic rings. The smallest absolute Gasteiger partial charge is 0.503 e. The highest BCUT2D eigenvalue weighted by Crippen LogP contribution is 2.44. The van der Waals surface area contributed by atoms with Gasteiger partial charge in [0.05, 0.1) is 10.4 Å². The molecule has 1 rings (SSSR count). The molecule has 0 aliphatic carbocycles. The predicted octanol–water partition coefficient (Wildman–Crippen LogP) is 3.42. The summed E-state index contributed by atoms with van der Waals surface area (Å²) in [6.45, 7) is 0. The molecule has 4 nitrogen and oxygen atoms in total. The predicted molar refractivity (Wildman–Crippen MR) is 64.5 cm³/mol. The number of hydrogen-bond acceptors (Lipinski definition) is 3. The van der Waals surface area contributed by atoms with Crippen molar-refractivity contribution < 1.29 is 27.4 Å². The number of phenolic OH excluding ortho intramolecular Hbond substituents is 1. The molecule has 19 heavy (non-hydrogen) atoms. The topological polar surface area (TPSA) is 67.8 Å². The van der Waals surface area contributed by atoms with E-state index in [4.69, 9.17) is 17.3 Å². The van der Waals surface area contributed by atoms with Gasteiger partial charge in [-0.25, -0.2) is 9.38 Å². The van der Waals surface area contributed by atoms with Crippen molar-refractivity contribution in [3.63, 3.8) is 0 Å². The highest BCUT2D eigenvalue weighted by molar-refractivity contribution is 9.10. The van der Waals surface area contributed by atoms with E-state index >= 15 is 0 Å². The van der Waals surface area contributed by atoms with E-state index in [1.54, 1.807) is 0 Å². The normalized spacial score (nSPS) is 12.6. The van der Waals surface area contributed by atoms with Gasteiger partial charge in [-0.2, -0.15) is 0 Å². The molecular weight excluding hydrogens is 359 g/mol. The van der Waals surface area contributed by atoms with E-state index in [9.17, 15) is 22.7 Å². The fourth-order valence-electron chi connectivity index (χ4n) is 1.06. The number of alkyl halides is 4. The summed E-state index contributed by atoms with van der Waals surface area (Å²) in [6, 6.07) is 0.938. The molecule has 1 aromatic rings. The minimum Gasteiger partial charge on any atom is -0.503 e. The first-order valence-electron chi connectivity index (χ1n) is 4.51. The molecule has 0 saturated carbocycles. The zero-order chi connectivity index (χ0) is 14.8. The van der Waals surface area contributed by atoms with Crippen molar-refractivity contribution in [1.29, 1.82) is 0 Å². The Kier molecular flexibility index (Phi) is 4.86. The number of benzene rings is 1. The summed E-state index contributed by atoms with van der Waals surface area (Å²) in [5, 5.41) is 9.51. The summed E-state index contributed by atoms with van der Waals surface area (Å²) in [6.07, 6.45) is -5.17. The number of nitrogens with zero attached hydrogens (tertiary/aromatic N) is 1. The number of hydrogen-bond donors (Lipinski definition) is 2. The summed E-state index contributed by atoms with van der Waals surface area (Å²) in [5.41, 5.74) is 4.86. The van der Waals surface area contributed by atoms with Crippen molar-refractivity contribution in [3.8, 4) is 11.5 Å². The molecule has 106 valence electrons. The minimum atomic E-state index is -5.17. The molecule has 0 atom stereocenters. The lowest BCUT2D eigenvalue weighted by Gasteiger charge is -2.13. The van der Waals surface area contributed by atoms with E-state index in [0.717, 1.165) is 6.07 Å². The average Bonchev–Trinajstić information content (AvgIpc) is 2.30. The van der Waals surface area contributed by atoms with Crippen LogP contribution in [0.4, 0.5) is 23.2 Å². The highest BCUT2D eigenvalue weighted by Gasteiger charge is 2.35. The Bertz CT molecular complexity index is 522.